The van der Waals surface area contributed by atoms with Gasteiger partial charge in [0.25, 0.3) is 0 Å². The molecule has 0 unspecified atom stereocenters. The number of rotatable bonds is 7. The molecule has 4 rings (SSSR count). The van der Waals surface area contributed by atoms with E-state index < -0.39 is 11.9 Å². The Morgan fingerprint density at radius 2 is 1.05 bits per heavy atom. The molecule has 44 heavy (non-hydrogen) atoms. The molecular formula is C35H33F2IO6. The summed E-state index contributed by atoms with van der Waals surface area (Å²) in [5.41, 5.74) is 6.01. The minimum absolute atomic E-state index is 0.338. The zero-order valence-corrected chi connectivity index (χ0v) is 27.7. The molecule has 0 atom stereocenters. The molecule has 4 aromatic rings. The normalized spacial score (nSPS) is 10.2. The van der Waals surface area contributed by atoms with E-state index in [0.29, 0.717) is 44.9 Å². The van der Waals surface area contributed by atoms with Gasteiger partial charge in [-0.25, -0.2) is 18.4 Å². The summed E-state index contributed by atoms with van der Waals surface area (Å²) < 4.78 is 48.9. The van der Waals surface area contributed by atoms with Crippen molar-refractivity contribution in [3.63, 3.8) is 0 Å². The Bertz CT molecular complexity index is 1710. The molecule has 0 aromatic heterocycles. The van der Waals surface area contributed by atoms with Crippen molar-refractivity contribution in [1.82, 2.24) is 0 Å². The van der Waals surface area contributed by atoms with Crippen molar-refractivity contribution in [2.45, 2.75) is 20.8 Å². The van der Waals surface area contributed by atoms with Crippen LogP contribution in [-0.2, 0) is 9.47 Å². The molecule has 0 N–H and O–H groups in total. The first-order chi connectivity index (χ1) is 20.9. The van der Waals surface area contributed by atoms with Gasteiger partial charge in [-0.3, -0.25) is 0 Å². The Labute approximate surface area is 269 Å². The van der Waals surface area contributed by atoms with Gasteiger partial charge in [0.2, 0.25) is 0 Å². The molecule has 0 aliphatic carbocycles. The lowest BCUT2D eigenvalue weighted by Crippen LogP contribution is -2.03. The second-order valence-corrected chi connectivity index (χ2v) is 10.9. The number of hydrogen-bond donors (Lipinski definition) is 0. The molecule has 0 heterocycles. The Morgan fingerprint density at radius 1 is 0.591 bits per heavy atom. The van der Waals surface area contributed by atoms with Crippen LogP contribution in [0.15, 0.2) is 78.4 Å². The van der Waals surface area contributed by atoms with Crippen molar-refractivity contribution >= 4 is 40.1 Å². The average Bonchev–Trinajstić information content (AvgIpc) is 3.04. The topological polar surface area (TPSA) is 71.1 Å². The van der Waals surface area contributed by atoms with Crippen LogP contribution in [0.4, 0.5) is 8.78 Å². The molecule has 0 saturated carbocycles. The Kier molecular flexibility index (Phi) is 12.0. The van der Waals surface area contributed by atoms with Crippen molar-refractivity contribution in [3.05, 3.63) is 110 Å². The number of esters is 2. The predicted octanol–water partition coefficient (Wildman–Crippen LogP) is 8.99. The summed E-state index contributed by atoms with van der Waals surface area (Å²) in [6.07, 6.45) is 0. The van der Waals surface area contributed by atoms with Crippen molar-refractivity contribution in [2.24, 2.45) is 0 Å². The van der Waals surface area contributed by atoms with E-state index in [1.165, 1.54) is 33.5 Å². The fourth-order valence-electron chi connectivity index (χ4n) is 4.26. The molecule has 0 amide bonds. The maximum atomic E-state index is 14.4. The van der Waals surface area contributed by atoms with Crippen molar-refractivity contribution < 1.29 is 37.3 Å². The van der Waals surface area contributed by atoms with E-state index in [2.05, 4.69) is 27.3 Å². The van der Waals surface area contributed by atoms with E-state index in [1.807, 2.05) is 20.8 Å². The van der Waals surface area contributed by atoms with E-state index in [4.69, 9.17) is 14.2 Å². The standard InChI is InChI=1S/C20H21FO3.C15H12FIO3/c1-12(2)13(3)17-10-14(20(22)24-5)6-8-16(17)18-11-15(23-4)7-9-19(18)21;1-19-10-4-6-13(16)12(8-10)11-5-3-9(7-14(11)17)15(18)20-2/h6-11H,1-5H3;3-8H,1-2H3. The summed E-state index contributed by atoms with van der Waals surface area (Å²) in [5, 5.41) is 0. The largest absolute Gasteiger partial charge is 0.497 e. The number of allylic oxidation sites excluding steroid dienone is 2. The molecule has 0 aliphatic heterocycles. The third-order valence-electron chi connectivity index (χ3n) is 6.91. The van der Waals surface area contributed by atoms with Crippen LogP contribution in [0.25, 0.3) is 27.8 Å². The molecule has 0 aliphatic rings. The van der Waals surface area contributed by atoms with Crippen molar-refractivity contribution in [1.29, 1.82) is 0 Å². The highest BCUT2D eigenvalue weighted by atomic mass is 127. The molecule has 0 bridgehead atoms. The van der Waals surface area contributed by atoms with E-state index in [-0.39, 0.29) is 11.6 Å². The van der Waals surface area contributed by atoms with Gasteiger partial charge in [-0.2, -0.15) is 0 Å². The third-order valence-corrected chi connectivity index (χ3v) is 7.80. The van der Waals surface area contributed by atoms with E-state index in [9.17, 15) is 18.4 Å². The van der Waals surface area contributed by atoms with Crippen LogP contribution in [0.1, 0.15) is 47.1 Å². The monoisotopic (exact) mass is 714 g/mol. The first-order valence-corrected chi connectivity index (χ1v) is 14.5. The van der Waals surface area contributed by atoms with Crippen LogP contribution in [0.2, 0.25) is 0 Å². The van der Waals surface area contributed by atoms with Gasteiger partial charge in [-0.15, -0.1) is 0 Å². The Hall–Kier alpha value is -4.25. The summed E-state index contributed by atoms with van der Waals surface area (Å²) >= 11 is 2.06. The Balaban J connectivity index is 0.000000244. The minimum Gasteiger partial charge on any atom is -0.497 e. The third kappa shape index (κ3) is 8.02. The van der Waals surface area contributed by atoms with Gasteiger partial charge in [0.15, 0.2) is 0 Å². The van der Waals surface area contributed by atoms with Crippen LogP contribution in [0.3, 0.4) is 0 Å². The summed E-state index contributed by atoms with van der Waals surface area (Å²) in [7, 11) is 5.73. The average molecular weight is 715 g/mol. The van der Waals surface area contributed by atoms with Gasteiger partial charge in [0.05, 0.1) is 39.6 Å². The zero-order valence-electron chi connectivity index (χ0n) is 25.5. The van der Waals surface area contributed by atoms with E-state index in [1.54, 1.807) is 67.8 Å². The Morgan fingerprint density at radius 3 is 1.48 bits per heavy atom. The van der Waals surface area contributed by atoms with Gasteiger partial charge < -0.3 is 18.9 Å². The van der Waals surface area contributed by atoms with Gasteiger partial charge in [-0.1, -0.05) is 17.7 Å². The summed E-state index contributed by atoms with van der Waals surface area (Å²) in [6, 6.07) is 19.3. The number of methoxy groups -OCH3 is 4. The number of halogens is 3. The maximum Gasteiger partial charge on any atom is 0.337 e. The lowest BCUT2D eigenvalue weighted by Gasteiger charge is -2.15. The van der Waals surface area contributed by atoms with Crippen LogP contribution < -0.4 is 9.47 Å². The number of hydrogen-bond acceptors (Lipinski definition) is 6. The fourth-order valence-corrected chi connectivity index (χ4v) is 5.06. The highest BCUT2D eigenvalue weighted by Gasteiger charge is 2.17. The van der Waals surface area contributed by atoms with Gasteiger partial charge >= 0.3 is 11.9 Å². The van der Waals surface area contributed by atoms with Crippen molar-refractivity contribution in [3.8, 4) is 33.8 Å². The molecule has 0 saturated heterocycles. The molecule has 0 fully saturated rings. The second-order valence-electron chi connectivity index (χ2n) is 9.75. The molecule has 0 spiro atoms. The second kappa shape index (κ2) is 15.5. The number of benzene rings is 4. The summed E-state index contributed by atoms with van der Waals surface area (Å²) in [6.45, 7) is 5.91. The number of carbonyl (C=O) groups excluding carboxylic acids is 2. The number of ether oxygens (including phenoxy) is 4. The highest BCUT2D eigenvalue weighted by molar-refractivity contribution is 14.1. The molecule has 0 radical (unpaired) electrons. The fraction of sp³-hybridized carbons (Fsp3) is 0.200. The number of carbonyl (C=O) groups is 2. The molecule has 230 valence electrons. The molecule has 9 heteroatoms. The smallest absolute Gasteiger partial charge is 0.337 e. The summed E-state index contributed by atoms with van der Waals surface area (Å²) in [5.74, 6) is -0.367. The maximum absolute atomic E-state index is 14.4. The van der Waals surface area contributed by atoms with Gasteiger partial charge in [-0.05, 0) is 126 Å². The first kappa shape index (κ1) is 34.2. The molecule has 4 aromatic carbocycles. The van der Waals surface area contributed by atoms with Crippen LogP contribution in [0, 0.1) is 15.2 Å². The minimum atomic E-state index is -0.421. The predicted molar refractivity (Wildman–Crippen MR) is 176 cm³/mol. The van der Waals surface area contributed by atoms with Crippen LogP contribution in [-0.4, -0.2) is 40.4 Å². The first-order valence-electron chi connectivity index (χ1n) is 13.4. The highest BCUT2D eigenvalue weighted by Crippen LogP contribution is 2.35. The van der Waals surface area contributed by atoms with Gasteiger partial charge in [0, 0.05) is 14.7 Å². The summed E-state index contributed by atoms with van der Waals surface area (Å²) in [4.78, 5) is 23.3. The van der Waals surface area contributed by atoms with Crippen LogP contribution in [0.5, 0.6) is 11.5 Å². The van der Waals surface area contributed by atoms with Crippen molar-refractivity contribution in [2.75, 3.05) is 28.4 Å². The lowest BCUT2D eigenvalue weighted by molar-refractivity contribution is 0.0592. The zero-order chi connectivity index (χ0) is 32.6. The lowest BCUT2D eigenvalue weighted by atomic mass is 9.91. The molecule has 6 nitrogen and oxygen atoms in total. The van der Waals surface area contributed by atoms with E-state index >= 15 is 0 Å². The quantitative estimate of drug-likeness (QED) is 0.141. The SMILES string of the molecule is COC(=O)c1ccc(-c2cc(OC)ccc2F)c(C(C)=C(C)C)c1.COC(=O)c1ccc(-c2cc(OC)ccc2F)c(I)c1. The van der Waals surface area contributed by atoms with Crippen LogP contribution >= 0.6 is 22.6 Å². The van der Waals surface area contributed by atoms with E-state index in [0.717, 1.165) is 20.3 Å². The molecular weight excluding hydrogens is 681 g/mol. The van der Waals surface area contributed by atoms with Gasteiger partial charge in [0.1, 0.15) is 23.1 Å².